The van der Waals surface area contributed by atoms with Gasteiger partial charge in [-0.1, -0.05) is 36.4 Å². The minimum Gasteiger partial charge on any atom is -0.493 e. The minimum absolute atomic E-state index is 0.323. The van der Waals surface area contributed by atoms with Crippen LogP contribution in [0.4, 0.5) is 5.69 Å². The van der Waals surface area contributed by atoms with Crippen molar-refractivity contribution >= 4 is 23.0 Å². The van der Waals surface area contributed by atoms with E-state index in [9.17, 15) is 0 Å². The highest BCUT2D eigenvalue weighted by Gasteiger charge is 2.21. The second-order valence-corrected chi connectivity index (χ2v) is 7.46. The molecule has 0 amide bonds. The van der Waals surface area contributed by atoms with E-state index in [4.69, 9.17) is 21.7 Å². The van der Waals surface area contributed by atoms with Gasteiger partial charge in [0, 0.05) is 17.8 Å². The molecule has 0 unspecified atom stereocenters. The third-order valence-electron chi connectivity index (χ3n) is 5.09. The number of benzene rings is 2. The van der Waals surface area contributed by atoms with Crippen LogP contribution in [0.5, 0.6) is 11.5 Å². The first-order chi connectivity index (χ1) is 14.2. The van der Waals surface area contributed by atoms with Crippen LogP contribution in [0.25, 0.3) is 0 Å². The van der Waals surface area contributed by atoms with Gasteiger partial charge in [0.2, 0.25) is 0 Å². The van der Waals surface area contributed by atoms with Gasteiger partial charge < -0.3 is 20.1 Å². The molecule has 1 aliphatic carbocycles. The molecular formula is C22H24N4O2S. The van der Waals surface area contributed by atoms with Crippen LogP contribution >= 0.6 is 12.2 Å². The summed E-state index contributed by atoms with van der Waals surface area (Å²) >= 11 is 5.50. The van der Waals surface area contributed by atoms with Crippen molar-refractivity contribution in [3.05, 3.63) is 71.5 Å². The van der Waals surface area contributed by atoms with Gasteiger partial charge in [-0.3, -0.25) is 4.68 Å². The lowest BCUT2D eigenvalue weighted by atomic mass is 10.1. The van der Waals surface area contributed by atoms with E-state index in [-0.39, 0.29) is 0 Å². The van der Waals surface area contributed by atoms with Crippen LogP contribution in [0.15, 0.2) is 54.9 Å². The molecule has 2 N–H and O–H groups in total. The number of aromatic nitrogens is 2. The molecule has 0 spiro atoms. The molecule has 0 fully saturated rings. The van der Waals surface area contributed by atoms with Crippen LogP contribution < -0.4 is 20.1 Å². The van der Waals surface area contributed by atoms with Gasteiger partial charge in [-0.25, -0.2) is 0 Å². The summed E-state index contributed by atoms with van der Waals surface area (Å²) in [4.78, 5) is 0. The Balaban J connectivity index is 1.36. The first-order valence-electron chi connectivity index (χ1n) is 9.53. The fourth-order valence-corrected chi connectivity index (χ4v) is 4.07. The van der Waals surface area contributed by atoms with E-state index in [1.54, 1.807) is 20.4 Å². The molecule has 4 rings (SSSR count). The Bertz CT molecular complexity index is 993. The van der Waals surface area contributed by atoms with Crippen LogP contribution in [0.2, 0.25) is 0 Å². The van der Waals surface area contributed by atoms with E-state index in [2.05, 4.69) is 40.0 Å². The maximum atomic E-state index is 5.50. The van der Waals surface area contributed by atoms with Gasteiger partial charge in [0.1, 0.15) is 0 Å². The number of nitrogens with one attached hydrogen (secondary N) is 2. The zero-order valence-electron chi connectivity index (χ0n) is 16.5. The van der Waals surface area contributed by atoms with Crippen LogP contribution in [0, 0.1) is 0 Å². The van der Waals surface area contributed by atoms with Gasteiger partial charge in [-0.15, -0.1) is 0 Å². The second kappa shape index (κ2) is 8.53. The molecule has 0 atom stereocenters. The number of nitrogens with zero attached hydrogens (tertiary/aromatic N) is 2. The lowest BCUT2D eigenvalue weighted by Crippen LogP contribution is -2.38. The van der Waals surface area contributed by atoms with Crippen molar-refractivity contribution < 1.29 is 9.47 Å². The number of anilines is 1. The Hall–Kier alpha value is -3.06. The van der Waals surface area contributed by atoms with Gasteiger partial charge >= 0.3 is 0 Å². The Morgan fingerprint density at radius 3 is 2.55 bits per heavy atom. The fourth-order valence-electron chi connectivity index (χ4n) is 3.78. The lowest BCUT2D eigenvalue weighted by molar-refractivity contribution is 0.350. The average molecular weight is 409 g/mol. The Labute approximate surface area is 175 Å². The highest BCUT2D eigenvalue weighted by atomic mass is 32.1. The predicted molar refractivity (Wildman–Crippen MR) is 118 cm³/mol. The van der Waals surface area contributed by atoms with Gasteiger partial charge in [0.25, 0.3) is 0 Å². The number of hydrogen-bond donors (Lipinski definition) is 2. The van der Waals surface area contributed by atoms with Crippen molar-refractivity contribution in [3.63, 3.8) is 0 Å². The molecule has 0 saturated heterocycles. The SMILES string of the molecule is COc1cccc(Cn2cc(NC(=S)NC3Cc4ccccc4C3)cn2)c1OC. The van der Waals surface area contributed by atoms with E-state index in [1.807, 2.05) is 29.1 Å². The summed E-state index contributed by atoms with van der Waals surface area (Å²) in [7, 11) is 3.28. The molecule has 2 aromatic carbocycles. The number of hydrogen-bond acceptors (Lipinski definition) is 4. The Morgan fingerprint density at radius 2 is 1.86 bits per heavy atom. The summed E-state index contributed by atoms with van der Waals surface area (Å²) in [5.41, 5.74) is 4.63. The van der Waals surface area contributed by atoms with Crippen molar-refractivity contribution in [2.45, 2.75) is 25.4 Å². The first kappa shape index (κ1) is 19.3. The average Bonchev–Trinajstić information content (AvgIpc) is 3.33. The van der Waals surface area contributed by atoms with Crippen molar-refractivity contribution in [1.29, 1.82) is 0 Å². The topological polar surface area (TPSA) is 60.3 Å². The molecule has 6 nitrogen and oxygen atoms in total. The molecule has 1 heterocycles. The minimum atomic E-state index is 0.323. The highest BCUT2D eigenvalue weighted by Crippen LogP contribution is 2.31. The van der Waals surface area contributed by atoms with E-state index in [1.165, 1.54) is 11.1 Å². The number of ether oxygens (including phenoxy) is 2. The number of fused-ring (bicyclic) bond motifs is 1. The van der Waals surface area contributed by atoms with Gasteiger partial charge in [-0.05, 0) is 42.3 Å². The standard InChI is InChI=1S/C22H24N4O2S/c1-27-20-9-5-8-17(21(20)28-2)13-26-14-19(12-23-26)25-22(29)24-18-10-15-6-3-4-7-16(15)11-18/h3-9,12,14,18H,10-11,13H2,1-2H3,(H2,24,25,29). The van der Waals surface area contributed by atoms with Crippen LogP contribution in [-0.2, 0) is 19.4 Å². The van der Waals surface area contributed by atoms with Gasteiger partial charge in [-0.2, -0.15) is 5.10 Å². The zero-order chi connectivity index (χ0) is 20.2. The van der Waals surface area contributed by atoms with Crippen molar-refractivity contribution in [1.82, 2.24) is 15.1 Å². The summed E-state index contributed by atoms with van der Waals surface area (Å²) in [5.74, 6) is 1.43. The molecule has 0 saturated carbocycles. The monoisotopic (exact) mass is 408 g/mol. The van der Waals surface area contributed by atoms with Crippen LogP contribution in [0.3, 0.4) is 0 Å². The molecule has 29 heavy (non-hydrogen) atoms. The van der Waals surface area contributed by atoms with Crippen molar-refractivity contribution in [2.75, 3.05) is 19.5 Å². The quantitative estimate of drug-likeness (QED) is 0.610. The molecule has 0 radical (unpaired) electrons. The van der Waals surface area contributed by atoms with E-state index in [0.29, 0.717) is 23.4 Å². The van der Waals surface area contributed by atoms with E-state index in [0.717, 1.165) is 29.8 Å². The third-order valence-corrected chi connectivity index (χ3v) is 5.31. The Morgan fingerprint density at radius 1 is 1.10 bits per heavy atom. The third kappa shape index (κ3) is 4.35. The largest absolute Gasteiger partial charge is 0.493 e. The summed E-state index contributed by atoms with van der Waals surface area (Å²) in [6, 6.07) is 14.7. The lowest BCUT2D eigenvalue weighted by Gasteiger charge is -2.15. The van der Waals surface area contributed by atoms with E-state index < -0.39 is 0 Å². The molecule has 7 heteroatoms. The summed E-state index contributed by atoms with van der Waals surface area (Å²) < 4.78 is 12.7. The maximum Gasteiger partial charge on any atom is 0.171 e. The number of rotatable bonds is 6. The normalized spacial score (nSPS) is 13.0. The number of thiocarbonyl (C=S) groups is 1. The summed E-state index contributed by atoms with van der Waals surface area (Å²) in [6.07, 6.45) is 5.68. The van der Waals surface area contributed by atoms with Gasteiger partial charge in [0.15, 0.2) is 16.6 Å². The fraction of sp³-hybridized carbons (Fsp3) is 0.273. The maximum absolute atomic E-state index is 5.50. The van der Waals surface area contributed by atoms with Crippen LogP contribution in [0.1, 0.15) is 16.7 Å². The molecule has 1 aromatic heterocycles. The van der Waals surface area contributed by atoms with Crippen LogP contribution in [-0.4, -0.2) is 35.2 Å². The van der Waals surface area contributed by atoms with E-state index >= 15 is 0 Å². The molecule has 0 aliphatic heterocycles. The highest BCUT2D eigenvalue weighted by molar-refractivity contribution is 7.80. The molecule has 150 valence electrons. The van der Waals surface area contributed by atoms with Crippen molar-refractivity contribution in [3.8, 4) is 11.5 Å². The smallest absolute Gasteiger partial charge is 0.171 e. The number of para-hydroxylation sites is 1. The second-order valence-electron chi connectivity index (χ2n) is 7.05. The number of methoxy groups -OCH3 is 2. The zero-order valence-corrected chi connectivity index (χ0v) is 17.3. The van der Waals surface area contributed by atoms with Crippen molar-refractivity contribution in [2.24, 2.45) is 0 Å². The molecule has 1 aliphatic rings. The molecule has 3 aromatic rings. The summed E-state index contributed by atoms with van der Waals surface area (Å²) in [5, 5.41) is 11.7. The molecular weight excluding hydrogens is 384 g/mol. The predicted octanol–water partition coefficient (Wildman–Crippen LogP) is 3.40. The Kier molecular flexibility index (Phi) is 5.67. The molecule has 0 bridgehead atoms. The summed E-state index contributed by atoms with van der Waals surface area (Å²) in [6.45, 7) is 0.570. The first-order valence-corrected chi connectivity index (χ1v) is 9.93. The van der Waals surface area contributed by atoms with Gasteiger partial charge in [0.05, 0.1) is 32.6 Å².